The third-order valence-corrected chi connectivity index (χ3v) is 4.99. The van der Waals surface area contributed by atoms with Gasteiger partial charge in [0.1, 0.15) is 5.56 Å². The van der Waals surface area contributed by atoms with E-state index in [1.54, 1.807) is 0 Å². The Labute approximate surface area is 172 Å². The molecular weight excluding hydrogens is 453 g/mol. The third kappa shape index (κ3) is 4.17. The van der Waals surface area contributed by atoms with E-state index in [-0.39, 0.29) is 34.3 Å². The van der Waals surface area contributed by atoms with Gasteiger partial charge in [-0.25, -0.2) is 9.78 Å². The van der Waals surface area contributed by atoms with Crippen molar-refractivity contribution in [2.45, 2.75) is 18.0 Å². The number of carbonyl (C=O) groups excluding carboxylic acids is 1. The zero-order valence-electron chi connectivity index (χ0n) is 14.9. The molecular formula is C16H12ClF3N4O5S. The van der Waals surface area contributed by atoms with Gasteiger partial charge in [-0.05, 0) is 25.1 Å². The average molecular weight is 465 g/mol. The maximum Gasteiger partial charge on any atom is 0.416 e. The maximum absolute atomic E-state index is 13.1. The first-order valence-corrected chi connectivity index (χ1v) is 9.90. The molecule has 1 aromatic carbocycles. The molecule has 2 N–H and O–H groups in total. The topological polar surface area (TPSA) is 123 Å². The number of nitrogens with one attached hydrogen (secondary N) is 1. The van der Waals surface area contributed by atoms with Gasteiger partial charge in [-0.2, -0.15) is 31.2 Å². The van der Waals surface area contributed by atoms with E-state index in [2.05, 4.69) is 15.4 Å². The van der Waals surface area contributed by atoms with Gasteiger partial charge in [-0.15, -0.1) is 0 Å². The van der Waals surface area contributed by atoms with Crippen LogP contribution in [0.1, 0.15) is 22.8 Å². The Bertz CT molecular complexity index is 1240. The van der Waals surface area contributed by atoms with Crippen LogP contribution in [0.3, 0.4) is 0 Å². The van der Waals surface area contributed by atoms with E-state index in [0.29, 0.717) is 6.07 Å². The molecule has 3 rings (SSSR count). The summed E-state index contributed by atoms with van der Waals surface area (Å²) in [6.07, 6.45) is -2.96. The van der Waals surface area contributed by atoms with Crippen molar-refractivity contribution in [3.8, 4) is 0 Å². The molecule has 0 spiro atoms. The standard InChI is InChI=1S/C16H12ClF3N4O5S/c1-2-29-15(25)9-6-21-14-12(30(26,27)28)7-22-24(14)13(9)23-11-5-8(16(18,19)20)3-4-10(11)17/h3-7,23H,2H2,1H3,(H,26,27,28). The molecule has 0 radical (unpaired) electrons. The lowest BCUT2D eigenvalue weighted by Gasteiger charge is -2.15. The van der Waals surface area contributed by atoms with E-state index >= 15 is 0 Å². The highest BCUT2D eigenvalue weighted by atomic mass is 35.5. The Kier molecular flexibility index (Phi) is 5.62. The highest BCUT2D eigenvalue weighted by Crippen LogP contribution is 2.35. The Hall–Kier alpha value is -2.90. The lowest BCUT2D eigenvalue weighted by atomic mass is 10.2. The third-order valence-electron chi connectivity index (χ3n) is 3.81. The van der Waals surface area contributed by atoms with Crippen molar-refractivity contribution in [1.29, 1.82) is 0 Å². The van der Waals surface area contributed by atoms with Crippen LogP contribution >= 0.6 is 11.6 Å². The number of hydrogen-bond donors (Lipinski definition) is 2. The van der Waals surface area contributed by atoms with Gasteiger partial charge in [0, 0.05) is 6.20 Å². The predicted octanol–water partition coefficient (Wildman–Crippen LogP) is 3.57. The number of halogens is 4. The summed E-state index contributed by atoms with van der Waals surface area (Å²) in [4.78, 5) is 15.4. The first kappa shape index (κ1) is 21.8. The number of carbonyl (C=O) groups is 1. The Balaban J connectivity index is 2.24. The summed E-state index contributed by atoms with van der Waals surface area (Å²) in [7, 11) is -4.72. The number of fused-ring (bicyclic) bond motifs is 1. The summed E-state index contributed by atoms with van der Waals surface area (Å²) in [5, 5.41) is 6.20. The smallest absolute Gasteiger partial charge is 0.416 e. The van der Waals surface area contributed by atoms with Crippen molar-refractivity contribution in [2.24, 2.45) is 0 Å². The van der Waals surface area contributed by atoms with E-state index < -0.39 is 32.7 Å². The Morgan fingerprint density at radius 1 is 1.33 bits per heavy atom. The minimum absolute atomic E-state index is 0.0179. The average Bonchev–Trinajstić information content (AvgIpc) is 3.07. The lowest BCUT2D eigenvalue weighted by Crippen LogP contribution is -2.14. The minimum atomic E-state index is -4.72. The number of ether oxygens (including phenoxy) is 1. The van der Waals surface area contributed by atoms with Crippen LogP contribution in [0.2, 0.25) is 5.02 Å². The van der Waals surface area contributed by atoms with E-state index in [0.717, 1.165) is 29.0 Å². The van der Waals surface area contributed by atoms with Gasteiger partial charge in [0.25, 0.3) is 10.1 Å². The number of esters is 1. The summed E-state index contributed by atoms with van der Waals surface area (Å²) >= 11 is 5.99. The van der Waals surface area contributed by atoms with Crippen molar-refractivity contribution in [3.63, 3.8) is 0 Å². The molecule has 9 nitrogen and oxygen atoms in total. The van der Waals surface area contributed by atoms with Crippen LogP contribution in [0.4, 0.5) is 24.7 Å². The van der Waals surface area contributed by atoms with Gasteiger partial charge >= 0.3 is 12.1 Å². The summed E-state index contributed by atoms with van der Waals surface area (Å²) in [6.45, 7) is 1.51. The molecule has 3 aromatic rings. The Morgan fingerprint density at radius 3 is 2.63 bits per heavy atom. The highest BCUT2D eigenvalue weighted by Gasteiger charge is 2.31. The molecule has 160 valence electrons. The van der Waals surface area contributed by atoms with Crippen molar-refractivity contribution < 1.29 is 35.7 Å². The largest absolute Gasteiger partial charge is 0.462 e. The monoisotopic (exact) mass is 464 g/mol. The zero-order valence-corrected chi connectivity index (χ0v) is 16.5. The van der Waals surface area contributed by atoms with E-state index in [1.807, 2.05) is 0 Å². The SMILES string of the molecule is CCOC(=O)c1cnc2c(S(=O)(=O)O)cnn2c1Nc1cc(C(F)(F)F)ccc1Cl. The molecule has 0 aliphatic rings. The van der Waals surface area contributed by atoms with Crippen molar-refractivity contribution in [3.05, 3.63) is 46.7 Å². The summed E-state index contributed by atoms with van der Waals surface area (Å²) in [5.41, 5.74) is -1.90. The highest BCUT2D eigenvalue weighted by molar-refractivity contribution is 7.86. The molecule has 0 saturated heterocycles. The van der Waals surface area contributed by atoms with Gasteiger partial charge in [-0.3, -0.25) is 4.55 Å². The van der Waals surface area contributed by atoms with E-state index in [4.69, 9.17) is 16.3 Å². The molecule has 2 aromatic heterocycles. The number of alkyl halides is 3. The van der Waals surface area contributed by atoms with Crippen LogP contribution in [-0.4, -0.2) is 40.1 Å². The molecule has 2 heterocycles. The van der Waals surface area contributed by atoms with Crippen molar-refractivity contribution in [1.82, 2.24) is 14.6 Å². The quantitative estimate of drug-likeness (QED) is 0.434. The molecule has 0 fully saturated rings. The van der Waals surface area contributed by atoms with Gasteiger partial charge in [0.15, 0.2) is 16.4 Å². The van der Waals surface area contributed by atoms with Gasteiger partial charge in [0.2, 0.25) is 0 Å². The summed E-state index contributed by atoms with van der Waals surface area (Å²) in [5.74, 6) is -1.17. The molecule has 0 atom stereocenters. The number of nitrogens with zero attached hydrogens (tertiary/aromatic N) is 3. The molecule has 0 aliphatic carbocycles. The molecule has 30 heavy (non-hydrogen) atoms. The van der Waals surface area contributed by atoms with E-state index in [1.165, 1.54) is 6.92 Å². The van der Waals surface area contributed by atoms with Crippen LogP contribution in [-0.2, 0) is 21.0 Å². The molecule has 0 saturated carbocycles. The normalized spacial score (nSPS) is 12.2. The summed E-state index contributed by atoms with van der Waals surface area (Å²) in [6, 6.07) is 2.48. The van der Waals surface area contributed by atoms with Crippen molar-refractivity contribution >= 4 is 44.8 Å². The minimum Gasteiger partial charge on any atom is -0.462 e. The number of hydrogen-bond acceptors (Lipinski definition) is 7. The van der Waals surface area contributed by atoms with Crippen molar-refractivity contribution in [2.75, 3.05) is 11.9 Å². The molecule has 0 bridgehead atoms. The fourth-order valence-corrected chi connectivity index (χ4v) is 3.21. The fraction of sp³-hybridized carbons (Fsp3) is 0.188. The first-order chi connectivity index (χ1) is 13.9. The van der Waals surface area contributed by atoms with Gasteiger partial charge in [0.05, 0.1) is 29.1 Å². The molecule has 0 unspecified atom stereocenters. The fourth-order valence-electron chi connectivity index (χ4n) is 2.50. The second kappa shape index (κ2) is 7.74. The molecule has 0 amide bonds. The lowest BCUT2D eigenvalue weighted by molar-refractivity contribution is -0.137. The summed E-state index contributed by atoms with van der Waals surface area (Å²) < 4.78 is 77.3. The number of benzene rings is 1. The number of aromatic nitrogens is 3. The second-order valence-electron chi connectivity index (χ2n) is 5.78. The first-order valence-electron chi connectivity index (χ1n) is 8.08. The zero-order chi connectivity index (χ0) is 22.3. The van der Waals surface area contributed by atoms with Crippen LogP contribution in [0.15, 0.2) is 35.5 Å². The second-order valence-corrected chi connectivity index (χ2v) is 7.57. The Morgan fingerprint density at radius 2 is 2.03 bits per heavy atom. The van der Waals surface area contributed by atoms with Gasteiger partial charge < -0.3 is 10.1 Å². The van der Waals surface area contributed by atoms with Gasteiger partial charge in [-0.1, -0.05) is 11.6 Å². The van der Waals surface area contributed by atoms with E-state index in [9.17, 15) is 30.9 Å². The maximum atomic E-state index is 13.1. The predicted molar refractivity (Wildman–Crippen MR) is 98.5 cm³/mol. The number of rotatable bonds is 5. The van der Waals surface area contributed by atoms with Crippen LogP contribution < -0.4 is 5.32 Å². The van der Waals surface area contributed by atoms with Crippen LogP contribution in [0.25, 0.3) is 5.65 Å². The van der Waals surface area contributed by atoms with Crippen LogP contribution in [0, 0.1) is 0 Å². The molecule has 14 heteroatoms. The number of anilines is 2. The van der Waals surface area contributed by atoms with Crippen LogP contribution in [0.5, 0.6) is 0 Å². The molecule has 0 aliphatic heterocycles.